The van der Waals surface area contributed by atoms with Gasteiger partial charge in [-0.2, -0.15) is 0 Å². The standard InChI is InChI=1S/C26H29O4PS/c1-3-29-25(27)26(19-31-28,30-4-2)22(17-20-11-6-5-7-12-20)18-32-24-16-10-14-21-13-8-9-15-23(21)24/h5-16,22H,3-4,17-19H2,1-2H3/p+1. The van der Waals surface area contributed by atoms with Crippen molar-refractivity contribution in [3.63, 3.8) is 0 Å². The number of ether oxygens (including phenoxy) is 2. The monoisotopic (exact) mass is 469 g/mol. The van der Waals surface area contributed by atoms with Gasteiger partial charge in [-0.05, 0) is 42.7 Å². The van der Waals surface area contributed by atoms with Crippen LogP contribution in [0.5, 0.6) is 0 Å². The first-order valence-corrected chi connectivity index (χ1v) is 13.0. The van der Waals surface area contributed by atoms with Crippen LogP contribution in [-0.4, -0.2) is 36.7 Å². The van der Waals surface area contributed by atoms with Gasteiger partial charge in [-0.15, -0.1) is 11.8 Å². The maximum absolute atomic E-state index is 13.2. The maximum atomic E-state index is 13.2. The molecule has 0 N–H and O–H groups in total. The van der Waals surface area contributed by atoms with Crippen molar-refractivity contribution in [2.75, 3.05) is 25.1 Å². The third kappa shape index (κ3) is 5.78. The average molecular weight is 470 g/mol. The molecule has 0 bridgehead atoms. The van der Waals surface area contributed by atoms with Crippen molar-refractivity contribution >= 4 is 37.0 Å². The molecule has 168 valence electrons. The van der Waals surface area contributed by atoms with Crippen LogP contribution in [-0.2, 0) is 25.3 Å². The quantitative estimate of drug-likeness (QED) is 0.181. The Morgan fingerprint density at radius 1 is 0.969 bits per heavy atom. The molecule has 0 spiro atoms. The predicted octanol–water partition coefficient (Wildman–Crippen LogP) is 6.15. The van der Waals surface area contributed by atoms with Crippen LogP contribution in [0.25, 0.3) is 10.8 Å². The van der Waals surface area contributed by atoms with Gasteiger partial charge in [-0.3, -0.25) is 0 Å². The van der Waals surface area contributed by atoms with Gasteiger partial charge in [-0.25, -0.2) is 4.79 Å². The van der Waals surface area contributed by atoms with Crippen LogP contribution < -0.4 is 0 Å². The number of carbonyl (C=O) groups excluding carboxylic acids is 1. The molecule has 3 unspecified atom stereocenters. The van der Waals surface area contributed by atoms with Crippen molar-refractivity contribution in [1.82, 2.24) is 0 Å². The van der Waals surface area contributed by atoms with Gasteiger partial charge >= 0.3 is 14.4 Å². The first kappa shape index (κ1) is 24.4. The van der Waals surface area contributed by atoms with Crippen LogP contribution in [0.2, 0.25) is 0 Å². The Morgan fingerprint density at radius 2 is 1.69 bits per heavy atom. The van der Waals surface area contributed by atoms with Gasteiger partial charge in [0.2, 0.25) is 5.60 Å². The lowest BCUT2D eigenvalue weighted by Crippen LogP contribution is -2.53. The highest BCUT2D eigenvalue weighted by atomic mass is 32.2. The lowest BCUT2D eigenvalue weighted by molar-refractivity contribution is -0.175. The van der Waals surface area contributed by atoms with E-state index in [0.29, 0.717) is 18.8 Å². The van der Waals surface area contributed by atoms with E-state index in [1.165, 1.54) is 10.8 Å². The second kappa shape index (κ2) is 12.2. The summed E-state index contributed by atoms with van der Waals surface area (Å²) in [6.45, 7) is 4.24. The molecule has 0 radical (unpaired) electrons. The Morgan fingerprint density at radius 3 is 2.41 bits per heavy atom. The molecular weight excluding hydrogens is 439 g/mol. The molecule has 0 saturated heterocycles. The highest BCUT2D eigenvalue weighted by Gasteiger charge is 2.51. The molecule has 0 saturated carbocycles. The smallest absolute Gasteiger partial charge is 0.343 e. The van der Waals surface area contributed by atoms with Crippen molar-refractivity contribution in [2.45, 2.75) is 30.8 Å². The Hall–Kier alpha value is -2.20. The molecule has 4 nitrogen and oxygen atoms in total. The molecule has 3 aromatic rings. The molecule has 32 heavy (non-hydrogen) atoms. The normalized spacial score (nSPS) is 14.2. The van der Waals surface area contributed by atoms with E-state index in [1.807, 2.05) is 37.3 Å². The van der Waals surface area contributed by atoms with E-state index in [4.69, 9.17) is 9.47 Å². The summed E-state index contributed by atoms with van der Waals surface area (Å²) < 4.78 is 23.4. The van der Waals surface area contributed by atoms with Gasteiger partial charge in [0.05, 0.1) is 6.61 Å². The van der Waals surface area contributed by atoms with Crippen LogP contribution in [0, 0.1) is 5.92 Å². The number of benzene rings is 3. The van der Waals surface area contributed by atoms with Gasteiger partial charge in [0.15, 0.2) is 6.16 Å². The van der Waals surface area contributed by atoms with Gasteiger partial charge in [0, 0.05) is 23.2 Å². The fourth-order valence-electron chi connectivity index (χ4n) is 4.00. The average Bonchev–Trinajstić information content (AvgIpc) is 2.82. The Labute approximate surface area is 195 Å². The van der Waals surface area contributed by atoms with Crippen molar-refractivity contribution < 1.29 is 18.8 Å². The van der Waals surface area contributed by atoms with Crippen molar-refractivity contribution in [3.8, 4) is 0 Å². The summed E-state index contributed by atoms with van der Waals surface area (Å²) in [6, 6.07) is 24.6. The van der Waals surface area contributed by atoms with Crippen LogP contribution in [0.4, 0.5) is 0 Å². The van der Waals surface area contributed by atoms with E-state index in [0.717, 1.165) is 10.5 Å². The van der Waals surface area contributed by atoms with Crippen molar-refractivity contribution in [3.05, 3.63) is 78.4 Å². The largest absolute Gasteiger partial charge is 0.464 e. The number of hydrogen-bond acceptors (Lipinski definition) is 5. The summed E-state index contributed by atoms with van der Waals surface area (Å²) in [4.78, 5) is 14.4. The highest BCUT2D eigenvalue weighted by molar-refractivity contribution is 7.99. The van der Waals surface area contributed by atoms with Crippen molar-refractivity contribution in [2.24, 2.45) is 5.92 Å². The minimum Gasteiger partial charge on any atom is -0.464 e. The number of hydrogen-bond donors (Lipinski definition) is 0. The molecule has 3 rings (SSSR count). The van der Waals surface area contributed by atoms with E-state index in [-0.39, 0.29) is 18.7 Å². The minimum absolute atomic E-state index is 0.118. The molecule has 0 aliphatic carbocycles. The molecule has 0 aliphatic rings. The zero-order valence-electron chi connectivity index (χ0n) is 18.6. The molecular formula is C26H30O4PS+. The molecule has 0 aliphatic heterocycles. The molecule has 0 fully saturated rings. The summed E-state index contributed by atoms with van der Waals surface area (Å²) in [5, 5.41) is 2.36. The van der Waals surface area contributed by atoms with Gasteiger partial charge in [0.1, 0.15) is 0 Å². The van der Waals surface area contributed by atoms with Crippen LogP contribution in [0.1, 0.15) is 19.4 Å². The molecule has 0 aromatic heterocycles. The lowest BCUT2D eigenvalue weighted by Gasteiger charge is -2.35. The number of carbonyl (C=O) groups is 1. The number of thioether (sulfide) groups is 1. The van der Waals surface area contributed by atoms with Crippen LogP contribution in [0.15, 0.2) is 77.7 Å². The van der Waals surface area contributed by atoms with Gasteiger partial charge in [-0.1, -0.05) is 71.3 Å². The summed E-state index contributed by atoms with van der Waals surface area (Å²) in [5.41, 5.74) is -0.142. The molecule has 0 amide bonds. The Balaban J connectivity index is 1.98. The second-order valence-corrected chi connectivity index (χ2v) is 9.24. The van der Waals surface area contributed by atoms with E-state index >= 15 is 0 Å². The van der Waals surface area contributed by atoms with Crippen molar-refractivity contribution in [1.29, 1.82) is 0 Å². The third-order valence-corrected chi connectivity index (χ3v) is 7.44. The minimum atomic E-state index is -1.25. The molecule has 6 heteroatoms. The lowest BCUT2D eigenvalue weighted by atomic mass is 9.84. The topological polar surface area (TPSA) is 52.6 Å². The SMILES string of the molecule is CCOC(=O)C(C[PH+]=O)(OCC)C(CSc1cccc2ccccc12)Cc1ccccc1. The first-order chi connectivity index (χ1) is 15.6. The summed E-state index contributed by atoms with van der Waals surface area (Å²) in [7, 11) is -0.660. The number of esters is 1. The number of fused-ring (bicyclic) bond motifs is 1. The van der Waals surface area contributed by atoms with Gasteiger partial charge < -0.3 is 9.47 Å². The molecule has 3 aromatic carbocycles. The van der Waals surface area contributed by atoms with E-state index < -0.39 is 20.0 Å². The number of rotatable bonds is 12. The Bertz CT molecular complexity index is 1020. The highest BCUT2D eigenvalue weighted by Crippen LogP contribution is 2.37. The van der Waals surface area contributed by atoms with Gasteiger partial charge in [0.25, 0.3) is 0 Å². The summed E-state index contributed by atoms with van der Waals surface area (Å²) in [6.07, 6.45) is 0.745. The fraction of sp³-hybridized carbons (Fsp3) is 0.346. The fourth-order valence-corrected chi connectivity index (χ4v) is 6.03. The third-order valence-electron chi connectivity index (χ3n) is 5.53. The van der Waals surface area contributed by atoms with Crippen LogP contribution in [0.3, 0.4) is 0 Å². The molecule has 0 heterocycles. The van der Waals surface area contributed by atoms with E-state index in [1.54, 1.807) is 18.7 Å². The zero-order chi connectivity index (χ0) is 22.8. The Kier molecular flexibility index (Phi) is 9.28. The maximum Gasteiger partial charge on any atom is 0.343 e. The summed E-state index contributed by atoms with van der Waals surface area (Å²) >= 11 is 1.70. The predicted molar refractivity (Wildman–Crippen MR) is 133 cm³/mol. The van der Waals surface area contributed by atoms with E-state index in [2.05, 4.69) is 42.5 Å². The zero-order valence-corrected chi connectivity index (χ0v) is 20.4. The van der Waals surface area contributed by atoms with E-state index in [9.17, 15) is 9.36 Å². The first-order valence-electron chi connectivity index (χ1n) is 10.9. The molecule has 3 atom stereocenters. The van der Waals surface area contributed by atoms with Crippen LogP contribution >= 0.6 is 20.2 Å². The summed E-state index contributed by atoms with van der Waals surface area (Å²) in [5.74, 6) is -0.00870. The second-order valence-electron chi connectivity index (χ2n) is 7.54.